The molecule has 0 atom stereocenters. The van der Waals surface area contributed by atoms with Crippen LogP contribution in [0.1, 0.15) is 16.8 Å². The largest absolute Gasteiger partial charge is 0.493 e. The van der Waals surface area contributed by atoms with Crippen LogP contribution < -0.4 is 15.6 Å². The Morgan fingerprint density at radius 1 is 1.17 bits per heavy atom. The molecular formula is C18H19N3O3. The van der Waals surface area contributed by atoms with Gasteiger partial charge in [0.25, 0.3) is 5.91 Å². The minimum absolute atomic E-state index is 0.0363. The van der Waals surface area contributed by atoms with Crippen LogP contribution in [0, 0.1) is 0 Å². The number of H-pyrrole nitrogens is 1. The molecule has 0 unspecified atom stereocenters. The molecule has 6 heteroatoms. The van der Waals surface area contributed by atoms with Crippen LogP contribution >= 0.6 is 0 Å². The monoisotopic (exact) mass is 325 g/mol. The van der Waals surface area contributed by atoms with Crippen molar-refractivity contribution in [1.82, 2.24) is 4.98 Å². The first kappa shape index (κ1) is 16.0. The number of nitrogens with one attached hydrogen (secondary N) is 1. The Morgan fingerprint density at radius 3 is 2.83 bits per heavy atom. The van der Waals surface area contributed by atoms with Gasteiger partial charge in [0.05, 0.1) is 17.9 Å². The number of aromatic amines is 1. The molecule has 0 fully saturated rings. The topological polar surface area (TPSA) is 91.6 Å². The molecule has 0 bridgehead atoms. The summed E-state index contributed by atoms with van der Waals surface area (Å²) in [6, 6.07) is 14.4. The number of nitrogens with two attached hydrogens (primary N) is 1. The average Bonchev–Trinajstić information content (AvgIpc) is 3.10. The first-order chi connectivity index (χ1) is 11.7. The Hall–Kier alpha value is -2.83. The summed E-state index contributed by atoms with van der Waals surface area (Å²) in [5, 5.41) is 10.9. The van der Waals surface area contributed by atoms with Gasteiger partial charge in [-0.25, -0.2) is 10.9 Å². The maximum Gasteiger partial charge on any atom is 0.276 e. The molecule has 4 N–H and O–H groups in total. The van der Waals surface area contributed by atoms with Crippen molar-refractivity contribution in [2.24, 2.45) is 5.84 Å². The molecule has 0 radical (unpaired) electrons. The van der Waals surface area contributed by atoms with E-state index in [-0.39, 0.29) is 12.5 Å². The van der Waals surface area contributed by atoms with Gasteiger partial charge in [0.1, 0.15) is 5.75 Å². The lowest BCUT2D eigenvalue weighted by molar-refractivity contribution is 0.0983. The van der Waals surface area contributed by atoms with Crippen LogP contribution in [0.2, 0.25) is 0 Å². The summed E-state index contributed by atoms with van der Waals surface area (Å²) in [7, 11) is 0. The van der Waals surface area contributed by atoms with E-state index in [1.807, 2.05) is 18.2 Å². The van der Waals surface area contributed by atoms with Crippen LogP contribution in [0.4, 0.5) is 5.69 Å². The van der Waals surface area contributed by atoms with Gasteiger partial charge >= 0.3 is 0 Å². The number of carbonyl (C=O) groups is 1. The van der Waals surface area contributed by atoms with Gasteiger partial charge < -0.3 is 14.8 Å². The Bertz CT molecular complexity index is 844. The third-order valence-electron chi connectivity index (χ3n) is 3.73. The molecule has 3 aromatic rings. The number of amides is 1. The number of benzene rings is 2. The van der Waals surface area contributed by atoms with E-state index in [0.29, 0.717) is 30.0 Å². The second kappa shape index (κ2) is 7.16. The summed E-state index contributed by atoms with van der Waals surface area (Å²) in [5.74, 6) is 6.19. The highest BCUT2D eigenvalue weighted by atomic mass is 16.5. The van der Waals surface area contributed by atoms with Gasteiger partial charge in [0, 0.05) is 30.1 Å². The number of hydrogen-bond donors (Lipinski definition) is 3. The maximum absolute atomic E-state index is 12.8. The lowest BCUT2D eigenvalue weighted by Gasteiger charge is -2.19. The molecule has 2 aromatic carbocycles. The zero-order valence-corrected chi connectivity index (χ0v) is 13.1. The summed E-state index contributed by atoms with van der Waals surface area (Å²) in [4.78, 5) is 15.9. The number of carbonyl (C=O) groups excluding carboxylic acids is 1. The zero-order chi connectivity index (χ0) is 16.9. The van der Waals surface area contributed by atoms with Crippen molar-refractivity contribution in [3.8, 4) is 5.75 Å². The Kier molecular flexibility index (Phi) is 4.79. The first-order valence-corrected chi connectivity index (χ1v) is 7.70. The molecule has 1 amide bonds. The molecule has 124 valence electrons. The number of ether oxygens (including phenoxy) is 1. The minimum Gasteiger partial charge on any atom is -0.493 e. The van der Waals surface area contributed by atoms with Crippen molar-refractivity contribution in [3.63, 3.8) is 0 Å². The highest BCUT2D eigenvalue weighted by Gasteiger charge is 2.20. The van der Waals surface area contributed by atoms with Crippen LogP contribution in [-0.2, 0) is 0 Å². The molecular weight excluding hydrogens is 306 g/mol. The molecule has 0 spiro atoms. The van der Waals surface area contributed by atoms with E-state index in [0.717, 1.165) is 15.9 Å². The Balaban J connectivity index is 1.90. The van der Waals surface area contributed by atoms with Gasteiger partial charge in [0.15, 0.2) is 0 Å². The van der Waals surface area contributed by atoms with Crippen molar-refractivity contribution in [2.75, 3.05) is 18.2 Å². The summed E-state index contributed by atoms with van der Waals surface area (Å²) >= 11 is 0. The molecule has 0 aliphatic carbocycles. The van der Waals surface area contributed by atoms with Gasteiger partial charge in [-0.05, 0) is 30.3 Å². The normalized spacial score (nSPS) is 10.8. The minimum atomic E-state index is -0.358. The summed E-state index contributed by atoms with van der Waals surface area (Å²) in [6.45, 7) is 0.368. The molecule has 1 aromatic heterocycles. The van der Waals surface area contributed by atoms with E-state index in [1.165, 1.54) is 0 Å². The number of aromatic nitrogens is 1. The SMILES string of the molecule is NN(C(=O)c1ccccc1OCCCO)c1cccc2[nH]ccc12. The second-order valence-electron chi connectivity index (χ2n) is 5.31. The summed E-state index contributed by atoms with van der Waals surface area (Å²) < 4.78 is 5.59. The van der Waals surface area contributed by atoms with Gasteiger partial charge in [0.2, 0.25) is 0 Å². The highest BCUT2D eigenvalue weighted by Crippen LogP contribution is 2.27. The van der Waals surface area contributed by atoms with Gasteiger partial charge in [-0.3, -0.25) is 4.79 Å². The lowest BCUT2D eigenvalue weighted by atomic mass is 10.1. The first-order valence-electron chi connectivity index (χ1n) is 7.70. The molecule has 6 nitrogen and oxygen atoms in total. The second-order valence-corrected chi connectivity index (χ2v) is 5.31. The van der Waals surface area contributed by atoms with Gasteiger partial charge in [-0.2, -0.15) is 0 Å². The third kappa shape index (κ3) is 3.10. The van der Waals surface area contributed by atoms with Crippen molar-refractivity contribution in [3.05, 3.63) is 60.3 Å². The van der Waals surface area contributed by atoms with E-state index < -0.39 is 0 Å². The maximum atomic E-state index is 12.8. The molecule has 0 saturated heterocycles. The standard InChI is InChI=1S/C18H19N3O3/c19-21(16-7-3-6-15-13(16)9-10-20-15)18(23)14-5-1-2-8-17(14)24-12-4-11-22/h1-3,5-10,20,22H,4,11-12,19H2. The van der Waals surface area contributed by atoms with Crippen molar-refractivity contribution < 1.29 is 14.6 Å². The van der Waals surface area contributed by atoms with E-state index in [4.69, 9.17) is 15.7 Å². The highest BCUT2D eigenvalue weighted by molar-refractivity contribution is 6.11. The number of aliphatic hydroxyl groups excluding tert-OH is 1. The smallest absolute Gasteiger partial charge is 0.276 e. The van der Waals surface area contributed by atoms with Gasteiger partial charge in [-0.15, -0.1) is 0 Å². The zero-order valence-electron chi connectivity index (χ0n) is 13.1. The number of hydrazine groups is 1. The fourth-order valence-corrected chi connectivity index (χ4v) is 2.53. The molecule has 24 heavy (non-hydrogen) atoms. The van der Waals surface area contributed by atoms with Crippen LogP contribution in [0.25, 0.3) is 10.9 Å². The predicted octanol–water partition coefficient (Wildman–Crippen LogP) is 2.45. The van der Waals surface area contributed by atoms with Crippen LogP contribution in [0.5, 0.6) is 5.75 Å². The van der Waals surface area contributed by atoms with Crippen LogP contribution in [0.3, 0.4) is 0 Å². The average molecular weight is 325 g/mol. The Labute approximate surface area is 139 Å². The van der Waals surface area contributed by atoms with Crippen molar-refractivity contribution in [1.29, 1.82) is 0 Å². The summed E-state index contributed by atoms with van der Waals surface area (Å²) in [5.41, 5.74) is 1.90. The number of hydrogen-bond acceptors (Lipinski definition) is 4. The number of rotatable bonds is 6. The third-order valence-corrected chi connectivity index (χ3v) is 3.73. The molecule has 1 heterocycles. The van der Waals surface area contributed by atoms with Gasteiger partial charge in [-0.1, -0.05) is 18.2 Å². The molecule has 3 rings (SSSR count). The van der Waals surface area contributed by atoms with E-state index >= 15 is 0 Å². The van der Waals surface area contributed by atoms with Crippen molar-refractivity contribution in [2.45, 2.75) is 6.42 Å². The lowest BCUT2D eigenvalue weighted by Crippen LogP contribution is -2.37. The molecule has 0 aliphatic rings. The van der Waals surface area contributed by atoms with Crippen molar-refractivity contribution >= 4 is 22.5 Å². The van der Waals surface area contributed by atoms with E-state index in [1.54, 1.807) is 36.5 Å². The molecule has 0 saturated carbocycles. The fraction of sp³-hybridized carbons (Fsp3) is 0.167. The molecule has 0 aliphatic heterocycles. The fourth-order valence-electron chi connectivity index (χ4n) is 2.53. The number of aliphatic hydroxyl groups is 1. The number of fused-ring (bicyclic) bond motifs is 1. The number of anilines is 1. The number of nitrogens with zero attached hydrogens (tertiary/aromatic N) is 1. The quantitative estimate of drug-likeness (QED) is 0.281. The summed E-state index contributed by atoms with van der Waals surface area (Å²) in [6.07, 6.45) is 2.30. The van der Waals surface area contributed by atoms with Crippen LogP contribution in [0.15, 0.2) is 54.7 Å². The van der Waals surface area contributed by atoms with E-state index in [9.17, 15) is 4.79 Å². The predicted molar refractivity (Wildman–Crippen MR) is 92.9 cm³/mol. The Morgan fingerprint density at radius 2 is 2.00 bits per heavy atom. The number of para-hydroxylation sites is 1. The van der Waals surface area contributed by atoms with Crippen LogP contribution in [-0.4, -0.2) is 29.2 Å². The van der Waals surface area contributed by atoms with E-state index in [2.05, 4.69) is 4.98 Å².